The van der Waals surface area contributed by atoms with Gasteiger partial charge in [-0.15, -0.1) is 0 Å². The van der Waals surface area contributed by atoms with E-state index >= 15 is 0 Å². The van der Waals surface area contributed by atoms with E-state index in [2.05, 4.69) is 59.2 Å². The first-order valence-electron chi connectivity index (χ1n) is 6.33. The van der Waals surface area contributed by atoms with Crippen molar-refractivity contribution in [1.29, 1.82) is 0 Å². The van der Waals surface area contributed by atoms with Gasteiger partial charge in [0.05, 0.1) is 29.7 Å². The lowest BCUT2D eigenvalue weighted by atomic mass is 9.86. The van der Waals surface area contributed by atoms with Gasteiger partial charge in [0.25, 0.3) is 0 Å². The van der Waals surface area contributed by atoms with Crippen molar-refractivity contribution in [1.82, 2.24) is 14.2 Å². The maximum atomic E-state index is 5.60. The van der Waals surface area contributed by atoms with Gasteiger partial charge in [-0.3, -0.25) is 11.3 Å². The SMILES string of the molecule is CC(C)(C)c1ccc(CC(NN)c2cnsn2)cc1. The molecule has 0 spiro atoms. The molecule has 1 aromatic carbocycles. The highest BCUT2D eigenvalue weighted by atomic mass is 32.1. The minimum absolute atomic E-state index is 0.0132. The fourth-order valence-corrected chi connectivity index (χ4v) is 2.42. The molecule has 0 amide bonds. The summed E-state index contributed by atoms with van der Waals surface area (Å²) in [5, 5.41) is 0. The molecule has 1 aromatic heterocycles. The average molecular weight is 276 g/mol. The zero-order valence-corrected chi connectivity index (χ0v) is 12.4. The summed E-state index contributed by atoms with van der Waals surface area (Å²) >= 11 is 1.20. The first-order valence-corrected chi connectivity index (χ1v) is 7.07. The Balaban J connectivity index is 2.11. The van der Waals surface area contributed by atoms with Crippen molar-refractivity contribution < 1.29 is 0 Å². The monoisotopic (exact) mass is 276 g/mol. The summed E-state index contributed by atoms with van der Waals surface area (Å²) in [4.78, 5) is 0. The standard InChI is InChI=1S/C14H20N4S/c1-14(2,3)11-6-4-10(5-7-11)8-12(17-15)13-9-16-19-18-13/h4-7,9,12,17H,8,15H2,1-3H3. The predicted octanol–water partition coefficient (Wildman–Crippen LogP) is 2.58. The average Bonchev–Trinajstić information content (AvgIpc) is 2.89. The second-order valence-corrected chi connectivity index (χ2v) is 6.26. The van der Waals surface area contributed by atoms with E-state index in [1.54, 1.807) is 6.20 Å². The van der Waals surface area contributed by atoms with Gasteiger partial charge in [-0.05, 0) is 23.0 Å². The third-order valence-electron chi connectivity index (χ3n) is 3.20. The van der Waals surface area contributed by atoms with Gasteiger partial charge in [0.1, 0.15) is 0 Å². The molecule has 1 heterocycles. The largest absolute Gasteiger partial charge is 0.271 e. The number of nitrogens with zero attached hydrogens (tertiary/aromatic N) is 2. The number of nitrogens with one attached hydrogen (secondary N) is 1. The molecule has 2 rings (SSSR count). The van der Waals surface area contributed by atoms with Crippen LogP contribution in [-0.4, -0.2) is 8.75 Å². The molecule has 1 atom stereocenters. The van der Waals surface area contributed by atoms with Crippen molar-refractivity contribution in [2.45, 2.75) is 38.6 Å². The molecule has 0 saturated heterocycles. The Morgan fingerprint density at radius 2 is 1.95 bits per heavy atom. The Morgan fingerprint density at radius 1 is 1.26 bits per heavy atom. The molecule has 0 fully saturated rings. The summed E-state index contributed by atoms with van der Waals surface area (Å²) in [7, 11) is 0. The van der Waals surface area contributed by atoms with Crippen molar-refractivity contribution >= 4 is 11.7 Å². The molecule has 102 valence electrons. The minimum atomic E-state index is 0.0132. The molecule has 0 aliphatic rings. The number of hydrazine groups is 1. The number of hydrogen-bond donors (Lipinski definition) is 2. The Labute approximate surface area is 118 Å². The fourth-order valence-electron chi connectivity index (χ4n) is 1.95. The molecule has 5 heteroatoms. The van der Waals surface area contributed by atoms with E-state index in [0.717, 1.165) is 12.1 Å². The van der Waals surface area contributed by atoms with Crippen molar-refractivity contribution in [2.24, 2.45) is 5.84 Å². The zero-order valence-electron chi connectivity index (χ0n) is 11.6. The summed E-state index contributed by atoms with van der Waals surface area (Å²) in [6.45, 7) is 6.65. The molecule has 19 heavy (non-hydrogen) atoms. The Hall–Kier alpha value is -1.30. The van der Waals surface area contributed by atoms with Crippen LogP contribution in [0.3, 0.4) is 0 Å². The Bertz CT molecular complexity index is 499. The smallest absolute Gasteiger partial charge is 0.0929 e. The van der Waals surface area contributed by atoms with Crippen LogP contribution in [-0.2, 0) is 11.8 Å². The van der Waals surface area contributed by atoms with Crippen LogP contribution in [0, 0.1) is 0 Å². The fraction of sp³-hybridized carbons (Fsp3) is 0.429. The summed E-state index contributed by atoms with van der Waals surface area (Å²) in [6, 6.07) is 8.69. The molecule has 3 N–H and O–H groups in total. The van der Waals surface area contributed by atoms with E-state index in [-0.39, 0.29) is 11.5 Å². The number of benzene rings is 1. The minimum Gasteiger partial charge on any atom is -0.271 e. The quantitative estimate of drug-likeness (QED) is 0.665. The maximum Gasteiger partial charge on any atom is 0.0929 e. The molecular weight excluding hydrogens is 256 g/mol. The van der Waals surface area contributed by atoms with E-state index in [4.69, 9.17) is 5.84 Å². The number of hydrogen-bond acceptors (Lipinski definition) is 5. The highest BCUT2D eigenvalue weighted by Crippen LogP contribution is 2.23. The first kappa shape index (κ1) is 14.1. The molecule has 0 aliphatic carbocycles. The van der Waals surface area contributed by atoms with E-state index in [1.807, 2.05) is 0 Å². The Morgan fingerprint density at radius 3 is 2.42 bits per heavy atom. The van der Waals surface area contributed by atoms with Gasteiger partial charge in [-0.1, -0.05) is 45.0 Å². The number of aromatic nitrogens is 2. The van der Waals surface area contributed by atoms with Crippen LogP contribution in [0.4, 0.5) is 0 Å². The highest BCUT2D eigenvalue weighted by Gasteiger charge is 2.15. The molecule has 4 nitrogen and oxygen atoms in total. The van der Waals surface area contributed by atoms with Crippen molar-refractivity contribution in [2.75, 3.05) is 0 Å². The molecule has 0 bridgehead atoms. The van der Waals surface area contributed by atoms with Crippen LogP contribution >= 0.6 is 11.7 Å². The van der Waals surface area contributed by atoms with Crippen LogP contribution in [0.2, 0.25) is 0 Å². The summed E-state index contributed by atoms with van der Waals surface area (Å²) in [5.41, 5.74) is 6.46. The van der Waals surface area contributed by atoms with Crippen LogP contribution < -0.4 is 11.3 Å². The summed E-state index contributed by atoms with van der Waals surface area (Å²) in [6.07, 6.45) is 2.57. The van der Waals surface area contributed by atoms with Crippen molar-refractivity contribution in [3.63, 3.8) is 0 Å². The van der Waals surface area contributed by atoms with Crippen LogP contribution in [0.5, 0.6) is 0 Å². The molecular formula is C14H20N4S. The normalized spacial score (nSPS) is 13.5. The predicted molar refractivity (Wildman–Crippen MR) is 78.8 cm³/mol. The second kappa shape index (κ2) is 5.77. The lowest BCUT2D eigenvalue weighted by Gasteiger charge is -2.20. The van der Waals surface area contributed by atoms with E-state index in [0.29, 0.717) is 0 Å². The summed E-state index contributed by atoms with van der Waals surface area (Å²) in [5.74, 6) is 5.60. The highest BCUT2D eigenvalue weighted by molar-refractivity contribution is 6.99. The first-order chi connectivity index (χ1) is 9.00. The third kappa shape index (κ3) is 3.59. The van der Waals surface area contributed by atoms with E-state index in [1.165, 1.54) is 22.9 Å². The van der Waals surface area contributed by atoms with Crippen molar-refractivity contribution in [3.05, 3.63) is 47.3 Å². The molecule has 2 aromatic rings. The molecule has 0 aliphatic heterocycles. The Kier molecular flexibility index (Phi) is 4.29. The van der Waals surface area contributed by atoms with Crippen LogP contribution in [0.1, 0.15) is 43.6 Å². The van der Waals surface area contributed by atoms with Gasteiger partial charge in [0, 0.05) is 0 Å². The van der Waals surface area contributed by atoms with E-state index in [9.17, 15) is 0 Å². The molecule has 0 saturated carbocycles. The molecule has 0 radical (unpaired) electrons. The van der Waals surface area contributed by atoms with Gasteiger partial charge in [-0.2, -0.15) is 8.75 Å². The molecule has 1 unspecified atom stereocenters. The van der Waals surface area contributed by atoms with Gasteiger partial charge >= 0.3 is 0 Å². The lowest BCUT2D eigenvalue weighted by Crippen LogP contribution is -2.29. The topological polar surface area (TPSA) is 63.8 Å². The van der Waals surface area contributed by atoms with Gasteiger partial charge in [0.2, 0.25) is 0 Å². The number of nitrogens with two attached hydrogens (primary N) is 1. The van der Waals surface area contributed by atoms with Gasteiger partial charge < -0.3 is 0 Å². The third-order valence-corrected chi connectivity index (χ3v) is 3.69. The summed E-state index contributed by atoms with van der Waals surface area (Å²) < 4.78 is 8.24. The van der Waals surface area contributed by atoms with Crippen LogP contribution in [0.25, 0.3) is 0 Å². The van der Waals surface area contributed by atoms with Crippen molar-refractivity contribution in [3.8, 4) is 0 Å². The van der Waals surface area contributed by atoms with E-state index < -0.39 is 0 Å². The zero-order chi connectivity index (χ0) is 13.9. The maximum absolute atomic E-state index is 5.60. The lowest BCUT2D eigenvalue weighted by molar-refractivity contribution is 0.541. The second-order valence-electron chi connectivity index (χ2n) is 5.70. The van der Waals surface area contributed by atoms with Gasteiger partial charge in [-0.25, -0.2) is 0 Å². The van der Waals surface area contributed by atoms with Crippen LogP contribution in [0.15, 0.2) is 30.5 Å². The van der Waals surface area contributed by atoms with Gasteiger partial charge in [0.15, 0.2) is 0 Å². The number of rotatable bonds is 4.